The van der Waals surface area contributed by atoms with Gasteiger partial charge < -0.3 is 10.3 Å². The van der Waals surface area contributed by atoms with Gasteiger partial charge in [0.2, 0.25) is 5.56 Å². The minimum Gasteiger partial charge on any atom is -0.326 e. The van der Waals surface area contributed by atoms with Gasteiger partial charge in [0.05, 0.1) is 0 Å². The van der Waals surface area contributed by atoms with Crippen molar-refractivity contribution in [2.45, 2.75) is 70.9 Å². The fourth-order valence-corrected chi connectivity index (χ4v) is 4.30. The molecule has 0 saturated heterocycles. The Morgan fingerprint density at radius 2 is 1.95 bits per heavy atom. The Hall–Kier alpha value is -1.09. The van der Waals surface area contributed by atoms with Crippen LogP contribution in [-0.2, 0) is 6.42 Å². The van der Waals surface area contributed by atoms with E-state index in [9.17, 15) is 4.79 Å². The molecule has 0 aromatic carbocycles. The largest absolute Gasteiger partial charge is 0.326 e. The molecule has 0 aliphatic heterocycles. The maximum absolute atomic E-state index is 11.5. The predicted molar refractivity (Wildman–Crippen MR) is 86.5 cm³/mol. The minimum absolute atomic E-state index is 0.0344. The monoisotopic (exact) mass is 288 g/mol. The molecule has 0 spiro atoms. The van der Waals surface area contributed by atoms with Crippen LogP contribution in [0.3, 0.4) is 0 Å². The average Bonchev–Trinajstić information content (AvgIpc) is 2.47. The second kappa shape index (κ2) is 6.35. The third-order valence-corrected chi connectivity index (χ3v) is 5.42. The number of aromatic amines is 1. The summed E-state index contributed by atoms with van der Waals surface area (Å²) in [4.78, 5) is 14.5. The van der Waals surface area contributed by atoms with Gasteiger partial charge in [0.1, 0.15) is 0 Å². The fourth-order valence-electron chi connectivity index (χ4n) is 4.30. The Kier molecular flexibility index (Phi) is 4.48. The molecule has 1 fully saturated rings. The van der Waals surface area contributed by atoms with Crippen LogP contribution >= 0.6 is 0 Å². The van der Waals surface area contributed by atoms with Crippen LogP contribution < -0.4 is 10.9 Å². The van der Waals surface area contributed by atoms with E-state index in [4.69, 9.17) is 0 Å². The summed E-state index contributed by atoms with van der Waals surface area (Å²) in [5.41, 5.74) is 2.52. The number of hydrogen-bond acceptors (Lipinski definition) is 2. The lowest BCUT2D eigenvalue weighted by atomic mass is 9.77. The quantitative estimate of drug-likeness (QED) is 0.893. The number of fused-ring (bicyclic) bond motifs is 1. The van der Waals surface area contributed by atoms with E-state index in [2.05, 4.69) is 24.1 Å². The van der Waals surface area contributed by atoms with Crippen LogP contribution in [0, 0.1) is 11.8 Å². The van der Waals surface area contributed by atoms with Gasteiger partial charge in [0.25, 0.3) is 0 Å². The van der Waals surface area contributed by atoms with E-state index in [1.165, 1.54) is 44.1 Å². The number of nitrogens with one attached hydrogen (secondary N) is 2. The maximum Gasteiger partial charge on any atom is 0.248 e. The zero-order valence-electron chi connectivity index (χ0n) is 13.3. The Labute approximate surface area is 127 Å². The van der Waals surface area contributed by atoms with E-state index in [0.29, 0.717) is 12.1 Å². The minimum atomic E-state index is 0.0344. The van der Waals surface area contributed by atoms with Crippen LogP contribution in [0.15, 0.2) is 16.9 Å². The summed E-state index contributed by atoms with van der Waals surface area (Å²) in [5, 5.41) is 3.94. The van der Waals surface area contributed by atoms with E-state index in [0.717, 1.165) is 24.0 Å². The molecule has 3 atom stereocenters. The standard InChI is InChI=1S/C18H28N2O/c1-12(2)13-6-3-4-7-15(13)19-16-8-5-9-17-14(16)10-11-18(21)20-17/h10-13,15-16,19H,3-9H2,1-2H3,(H,20,21). The summed E-state index contributed by atoms with van der Waals surface area (Å²) < 4.78 is 0. The Bertz CT molecular complexity index is 534. The Morgan fingerprint density at radius 3 is 2.76 bits per heavy atom. The average molecular weight is 288 g/mol. The number of aromatic nitrogens is 1. The highest BCUT2D eigenvalue weighted by Gasteiger charge is 2.31. The summed E-state index contributed by atoms with van der Waals surface area (Å²) in [7, 11) is 0. The van der Waals surface area contributed by atoms with Crippen LogP contribution in [0.5, 0.6) is 0 Å². The smallest absolute Gasteiger partial charge is 0.248 e. The summed E-state index contributed by atoms with van der Waals surface area (Å²) in [5.74, 6) is 1.55. The van der Waals surface area contributed by atoms with Crippen LogP contribution in [0.2, 0.25) is 0 Å². The number of H-pyrrole nitrogens is 1. The molecule has 0 radical (unpaired) electrons. The highest BCUT2D eigenvalue weighted by Crippen LogP contribution is 2.34. The fraction of sp³-hybridized carbons (Fsp3) is 0.722. The van der Waals surface area contributed by atoms with Gasteiger partial charge in [-0.1, -0.05) is 32.8 Å². The van der Waals surface area contributed by atoms with Gasteiger partial charge in [-0.15, -0.1) is 0 Å². The van der Waals surface area contributed by atoms with E-state index in [1.807, 2.05) is 6.07 Å². The Morgan fingerprint density at radius 1 is 1.14 bits per heavy atom. The maximum atomic E-state index is 11.5. The molecule has 116 valence electrons. The molecule has 3 unspecified atom stereocenters. The second-order valence-electron chi connectivity index (χ2n) is 7.17. The molecule has 2 N–H and O–H groups in total. The van der Waals surface area contributed by atoms with Crippen molar-refractivity contribution in [2.75, 3.05) is 0 Å². The highest BCUT2D eigenvalue weighted by atomic mass is 16.1. The summed E-state index contributed by atoms with van der Waals surface area (Å²) in [6.07, 6.45) is 8.78. The van der Waals surface area contributed by atoms with E-state index < -0.39 is 0 Å². The Balaban J connectivity index is 1.78. The normalized spacial score (nSPS) is 29.4. The molecular formula is C18H28N2O. The van der Waals surface area contributed by atoms with Crippen molar-refractivity contribution in [1.29, 1.82) is 0 Å². The molecule has 1 saturated carbocycles. The topological polar surface area (TPSA) is 44.9 Å². The molecule has 3 nitrogen and oxygen atoms in total. The summed E-state index contributed by atoms with van der Waals surface area (Å²) in [6, 6.07) is 4.79. The van der Waals surface area contributed by atoms with Crippen molar-refractivity contribution in [2.24, 2.45) is 11.8 Å². The molecule has 3 heteroatoms. The lowest BCUT2D eigenvalue weighted by Gasteiger charge is -2.39. The number of pyridine rings is 1. The van der Waals surface area contributed by atoms with Crippen LogP contribution in [0.1, 0.15) is 69.7 Å². The third kappa shape index (κ3) is 3.23. The van der Waals surface area contributed by atoms with Gasteiger partial charge >= 0.3 is 0 Å². The van der Waals surface area contributed by atoms with Crippen LogP contribution in [-0.4, -0.2) is 11.0 Å². The first-order valence-corrected chi connectivity index (χ1v) is 8.63. The van der Waals surface area contributed by atoms with Gasteiger partial charge in [-0.05, 0) is 49.5 Å². The van der Waals surface area contributed by atoms with Gasteiger partial charge in [-0.3, -0.25) is 4.79 Å². The van der Waals surface area contributed by atoms with Crippen LogP contribution in [0.4, 0.5) is 0 Å². The molecule has 3 rings (SSSR count). The number of aryl methyl sites for hydroxylation is 1. The highest BCUT2D eigenvalue weighted by molar-refractivity contribution is 5.26. The molecule has 0 bridgehead atoms. The van der Waals surface area contributed by atoms with Crippen LogP contribution in [0.25, 0.3) is 0 Å². The molecule has 1 aromatic rings. The molecule has 1 heterocycles. The number of hydrogen-bond donors (Lipinski definition) is 2. The van der Waals surface area contributed by atoms with Gasteiger partial charge in [0, 0.05) is 23.8 Å². The third-order valence-electron chi connectivity index (χ3n) is 5.42. The molecule has 0 amide bonds. The van der Waals surface area contributed by atoms with Crippen molar-refractivity contribution < 1.29 is 0 Å². The molecule has 2 aliphatic carbocycles. The molecule has 2 aliphatic rings. The molecule has 1 aromatic heterocycles. The predicted octanol–water partition coefficient (Wildman–Crippen LogP) is 3.56. The van der Waals surface area contributed by atoms with Gasteiger partial charge in [-0.2, -0.15) is 0 Å². The van der Waals surface area contributed by atoms with Crippen molar-refractivity contribution in [1.82, 2.24) is 10.3 Å². The van der Waals surface area contributed by atoms with E-state index >= 15 is 0 Å². The SMILES string of the molecule is CC(C)C1CCCCC1NC1CCCc2[nH]c(=O)ccc21. The van der Waals surface area contributed by atoms with Gasteiger partial charge in [-0.25, -0.2) is 0 Å². The molecular weight excluding hydrogens is 260 g/mol. The van der Waals surface area contributed by atoms with Crippen molar-refractivity contribution in [3.63, 3.8) is 0 Å². The van der Waals surface area contributed by atoms with Crippen molar-refractivity contribution in [3.05, 3.63) is 33.7 Å². The second-order valence-corrected chi connectivity index (χ2v) is 7.17. The first kappa shape index (κ1) is 14.8. The van der Waals surface area contributed by atoms with E-state index in [1.54, 1.807) is 6.07 Å². The first-order chi connectivity index (χ1) is 10.1. The van der Waals surface area contributed by atoms with Gasteiger partial charge in [0.15, 0.2) is 0 Å². The first-order valence-electron chi connectivity index (χ1n) is 8.63. The lowest BCUT2D eigenvalue weighted by molar-refractivity contribution is 0.187. The zero-order valence-corrected chi connectivity index (χ0v) is 13.3. The van der Waals surface area contributed by atoms with E-state index in [-0.39, 0.29) is 5.56 Å². The zero-order chi connectivity index (χ0) is 14.8. The molecule has 21 heavy (non-hydrogen) atoms. The summed E-state index contributed by atoms with van der Waals surface area (Å²) in [6.45, 7) is 4.72. The summed E-state index contributed by atoms with van der Waals surface area (Å²) >= 11 is 0. The van der Waals surface area contributed by atoms with Crippen molar-refractivity contribution >= 4 is 0 Å². The number of rotatable bonds is 3. The lowest BCUT2D eigenvalue weighted by Crippen LogP contribution is -2.43. The van der Waals surface area contributed by atoms with Crippen molar-refractivity contribution in [3.8, 4) is 0 Å².